The fourth-order valence-corrected chi connectivity index (χ4v) is 4.50. The van der Waals surface area contributed by atoms with Crippen LogP contribution in [0.25, 0.3) is 11.0 Å². The average Bonchev–Trinajstić information content (AvgIpc) is 3.07. The number of rotatable bonds is 7. The number of fused-ring (bicyclic) bond motifs is 1. The van der Waals surface area contributed by atoms with Crippen LogP contribution < -0.4 is 11.0 Å². The molecule has 2 aromatic carbocycles. The van der Waals surface area contributed by atoms with Crippen molar-refractivity contribution in [3.8, 4) is 0 Å². The molecule has 0 saturated carbocycles. The summed E-state index contributed by atoms with van der Waals surface area (Å²) in [6.07, 6.45) is 1.75. The Morgan fingerprint density at radius 1 is 1.06 bits per heavy atom. The number of nitrogens with zero attached hydrogens (tertiary/aromatic N) is 2. The van der Waals surface area contributed by atoms with Crippen molar-refractivity contribution in [3.63, 3.8) is 0 Å². The maximum atomic E-state index is 13.4. The Balaban J connectivity index is 1.45. The number of amides is 1. The molecule has 1 fully saturated rings. The van der Waals surface area contributed by atoms with Crippen molar-refractivity contribution in [2.75, 3.05) is 19.8 Å². The molecule has 4 rings (SSSR count). The van der Waals surface area contributed by atoms with Crippen LogP contribution in [0.2, 0.25) is 0 Å². The summed E-state index contributed by atoms with van der Waals surface area (Å²) in [5.74, 6) is -0.375. The molecule has 0 atom stereocenters. The molecule has 7 heteroatoms. The van der Waals surface area contributed by atoms with Crippen molar-refractivity contribution < 1.29 is 13.9 Å². The van der Waals surface area contributed by atoms with Crippen LogP contribution in [0, 0.1) is 5.82 Å². The molecule has 1 aliphatic rings. The molecule has 0 bridgehead atoms. The molecular formula is C24H28FN3O3. The summed E-state index contributed by atoms with van der Waals surface area (Å²) in [6.45, 7) is 4.53. The van der Waals surface area contributed by atoms with Gasteiger partial charge in [-0.05, 0) is 49.6 Å². The van der Waals surface area contributed by atoms with Gasteiger partial charge in [0.2, 0.25) is 5.91 Å². The summed E-state index contributed by atoms with van der Waals surface area (Å²) in [4.78, 5) is 25.4. The molecule has 1 aliphatic heterocycles. The van der Waals surface area contributed by atoms with Gasteiger partial charge in [-0.3, -0.25) is 13.9 Å². The lowest BCUT2D eigenvalue weighted by atomic mass is 9.74. The van der Waals surface area contributed by atoms with Crippen LogP contribution in [0.1, 0.15) is 31.7 Å². The van der Waals surface area contributed by atoms with Crippen molar-refractivity contribution in [2.45, 2.75) is 44.7 Å². The lowest BCUT2D eigenvalue weighted by Gasteiger charge is -2.38. The zero-order chi connectivity index (χ0) is 21.8. The van der Waals surface area contributed by atoms with Gasteiger partial charge in [0.1, 0.15) is 5.82 Å². The minimum absolute atomic E-state index is 0.0938. The van der Waals surface area contributed by atoms with E-state index in [-0.39, 0.29) is 29.2 Å². The first-order valence-electron chi connectivity index (χ1n) is 10.8. The normalized spacial score (nSPS) is 15.8. The van der Waals surface area contributed by atoms with Gasteiger partial charge in [0.25, 0.3) is 0 Å². The molecule has 1 N–H and O–H groups in total. The number of carbonyl (C=O) groups excluding carboxylic acids is 1. The van der Waals surface area contributed by atoms with Gasteiger partial charge >= 0.3 is 5.69 Å². The van der Waals surface area contributed by atoms with Gasteiger partial charge in [-0.15, -0.1) is 0 Å². The standard InChI is InChI=1S/C24H28FN3O3/c1-2-27-20-5-3-4-6-21(20)28(23(27)30)14-11-22(29)26-17-24(12-15-31-16-13-24)18-7-9-19(25)10-8-18/h3-10H,2,11-17H2,1H3,(H,26,29). The van der Waals surface area contributed by atoms with Crippen LogP contribution in [0.15, 0.2) is 53.3 Å². The van der Waals surface area contributed by atoms with Crippen LogP contribution in [0.4, 0.5) is 4.39 Å². The van der Waals surface area contributed by atoms with Crippen LogP contribution in [0.5, 0.6) is 0 Å². The van der Waals surface area contributed by atoms with Gasteiger partial charge in [-0.2, -0.15) is 0 Å². The Labute approximate surface area is 180 Å². The van der Waals surface area contributed by atoms with E-state index in [1.54, 1.807) is 21.3 Å². The number of aromatic nitrogens is 2. The number of halogens is 1. The number of nitrogens with one attached hydrogen (secondary N) is 1. The SMILES string of the molecule is CCn1c(=O)n(CCC(=O)NCC2(c3ccc(F)cc3)CCOCC2)c2ccccc21. The predicted molar refractivity (Wildman–Crippen MR) is 118 cm³/mol. The van der Waals surface area contributed by atoms with E-state index in [0.717, 1.165) is 29.4 Å². The fourth-order valence-electron chi connectivity index (χ4n) is 4.50. The van der Waals surface area contributed by atoms with E-state index >= 15 is 0 Å². The largest absolute Gasteiger partial charge is 0.381 e. The number of aryl methyl sites for hydroxylation is 2. The number of ether oxygens (including phenoxy) is 1. The molecule has 0 radical (unpaired) electrons. The number of carbonyl (C=O) groups is 1. The average molecular weight is 426 g/mol. The zero-order valence-electron chi connectivity index (χ0n) is 17.8. The number of benzene rings is 2. The maximum Gasteiger partial charge on any atom is 0.329 e. The molecular weight excluding hydrogens is 397 g/mol. The van der Waals surface area contributed by atoms with Gasteiger partial charge in [0.15, 0.2) is 0 Å². The first kappa shape index (κ1) is 21.3. The highest BCUT2D eigenvalue weighted by Gasteiger charge is 2.34. The molecule has 31 heavy (non-hydrogen) atoms. The second kappa shape index (κ2) is 9.06. The third kappa shape index (κ3) is 4.28. The van der Waals surface area contributed by atoms with E-state index < -0.39 is 0 Å². The summed E-state index contributed by atoms with van der Waals surface area (Å²) in [6, 6.07) is 14.2. The predicted octanol–water partition coefficient (Wildman–Crippen LogP) is 3.22. The Kier molecular flexibility index (Phi) is 6.23. The van der Waals surface area contributed by atoms with Crippen molar-refractivity contribution in [2.24, 2.45) is 0 Å². The lowest BCUT2D eigenvalue weighted by molar-refractivity contribution is -0.121. The second-order valence-corrected chi connectivity index (χ2v) is 8.09. The molecule has 1 saturated heterocycles. The number of hydrogen-bond donors (Lipinski definition) is 1. The minimum Gasteiger partial charge on any atom is -0.381 e. The molecule has 0 unspecified atom stereocenters. The molecule has 1 aromatic heterocycles. The Morgan fingerprint density at radius 2 is 1.71 bits per heavy atom. The third-order valence-corrected chi connectivity index (χ3v) is 6.33. The van der Waals surface area contributed by atoms with E-state index in [1.807, 2.05) is 31.2 Å². The highest BCUT2D eigenvalue weighted by Crippen LogP contribution is 2.34. The highest BCUT2D eigenvalue weighted by atomic mass is 19.1. The fraction of sp³-hybridized carbons (Fsp3) is 0.417. The van der Waals surface area contributed by atoms with E-state index in [0.29, 0.717) is 32.8 Å². The van der Waals surface area contributed by atoms with Crippen LogP contribution in [-0.2, 0) is 28.0 Å². The van der Waals surface area contributed by atoms with Crippen molar-refractivity contribution in [1.29, 1.82) is 0 Å². The molecule has 0 aliphatic carbocycles. The van der Waals surface area contributed by atoms with Gasteiger partial charge in [0.05, 0.1) is 11.0 Å². The second-order valence-electron chi connectivity index (χ2n) is 8.09. The smallest absolute Gasteiger partial charge is 0.329 e. The van der Waals surface area contributed by atoms with Crippen LogP contribution in [0.3, 0.4) is 0 Å². The van der Waals surface area contributed by atoms with Crippen LogP contribution in [-0.4, -0.2) is 34.8 Å². The Bertz CT molecular complexity index is 1110. The summed E-state index contributed by atoms with van der Waals surface area (Å²) >= 11 is 0. The van der Waals surface area contributed by atoms with Gasteiger partial charge in [-0.1, -0.05) is 24.3 Å². The van der Waals surface area contributed by atoms with Crippen molar-refractivity contribution >= 4 is 16.9 Å². The van der Waals surface area contributed by atoms with Gasteiger partial charge < -0.3 is 10.1 Å². The molecule has 0 spiro atoms. The van der Waals surface area contributed by atoms with E-state index in [4.69, 9.17) is 4.74 Å². The molecule has 2 heterocycles. The minimum atomic E-state index is -0.272. The number of para-hydroxylation sites is 2. The summed E-state index contributed by atoms with van der Waals surface area (Å²) in [7, 11) is 0. The van der Waals surface area contributed by atoms with E-state index in [9.17, 15) is 14.0 Å². The van der Waals surface area contributed by atoms with E-state index in [2.05, 4.69) is 5.32 Å². The molecule has 3 aromatic rings. The van der Waals surface area contributed by atoms with Gasteiger partial charge in [0, 0.05) is 44.7 Å². The monoisotopic (exact) mass is 425 g/mol. The summed E-state index contributed by atoms with van der Waals surface area (Å²) in [5, 5.41) is 3.05. The van der Waals surface area contributed by atoms with Crippen molar-refractivity contribution in [1.82, 2.24) is 14.5 Å². The molecule has 6 nitrogen and oxygen atoms in total. The van der Waals surface area contributed by atoms with Crippen molar-refractivity contribution in [3.05, 3.63) is 70.4 Å². The maximum absolute atomic E-state index is 13.4. The van der Waals surface area contributed by atoms with Gasteiger partial charge in [-0.25, -0.2) is 9.18 Å². The zero-order valence-corrected chi connectivity index (χ0v) is 17.8. The first-order valence-corrected chi connectivity index (χ1v) is 10.8. The first-order chi connectivity index (χ1) is 15.0. The van der Waals surface area contributed by atoms with Crippen LogP contribution >= 0.6 is 0 Å². The Hall–Kier alpha value is -2.93. The topological polar surface area (TPSA) is 65.3 Å². The molecule has 164 valence electrons. The number of hydrogen-bond acceptors (Lipinski definition) is 3. The highest BCUT2D eigenvalue weighted by molar-refractivity contribution is 5.78. The Morgan fingerprint density at radius 3 is 2.35 bits per heavy atom. The lowest BCUT2D eigenvalue weighted by Crippen LogP contribution is -2.44. The summed E-state index contributed by atoms with van der Waals surface area (Å²) in [5.41, 5.74) is 2.38. The van der Waals surface area contributed by atoms with E-state index in [1.165, 1.54) is 12.1 Å². The molecule has 1 amide bonds. The third-order valence-electron chi connectivity index (χ3n) is 6.33. The summed E-state index contributed by atoms with van der Waals surface area (Å²) < 4.78 is 22.3. The quantitative estimate of drug-likeness (QED) is 0.632. The number of imidazole rings is 1.